The predicted octanol–water partition coefficient (Wildman–Crippen LogP) is 8.42. The first-order valence-electron chi connectivity index (χ1n) is 9.77. The summed E-state index contributed by atoms with van der Waals surface area (Å²) in [7, 11) is 0. The minimum absolute atomic E-state index is 1.24. The van der Waals surface area contributed by atoms with E-state index in [0.29, 0.717) is 0 Å². The summed E-state index contributed by atoms with van der Waals surface area (Å²) in [6.07, 6.45) is 0. The van der Waals surface area contributed by atoms with E-state index in [-0.39, 0.29) is 0 Å². The summed E-state index contributed by atoms with van der Waals surface area (Å²) in [5.74, 6) is 0. The molecule has 0 aliphatic heterocycles. The Morgan fingerprint density at radius 2 is 0.724 bits per heavy atom. The average molecular weight is 389 g/mol. The molecule has 0 bridgehead atoms. The first-order chi connectivity index (χ1) is 14.4. The summed E-state index contributed by atoms with van der Waals surface area (Å²) in [4.78, 5) is 1.30. The van der Waals surface area contributed by atoms with E-state index in [9.17, 15) is 0 Å². The van der Waals surface area contributed by atoms with Crippen LogP contribution in [-0.2, 0) is 0 Å². The van der Waals surface area contributed by atoms with Crippen LogP contribution in [0.1, 0.15) is 0 Å². The lowest BCUT2D eigenvalue weighted by molar-refractivity contribution is 1.59. The van der Waals surface area contributed by atoms with Crippen LogP contribution in [-0.4, -0.2) is 0 Å². The monoisotopic (exact) mass is 388 g/mol. The molecule has 0 aliphatic rings. The van der Waals surface area contributed by atoms with Gasteiger partial charge in [-0.3, -0.25) is 0 Å². The molecule has 0 fully saturated rings. The van der Waals surface area contributed by atoms with Gasteiger partial charge in [0, 0.05) is 4.88 Å². The molecule has 1 heteroatoms. The van der Waals surface area contributed by atoms with E-state index in [0.717, 1.165) is 0 Å². The summed E-state index contributed by atoms with van der Waals surface area (Å²) in [6, 6.07) is 41.0. The third-order valence-corrected chi connectivity index (χ3v) is 6.18. The molecule has 0 unspecified atom stereocenters. The number of hydrogen-bond acceptors (Lipinski definition) is 1. The standard InChI is InChI=1S/C28H20S/c1-3-7-21(8-4-1)23-11-13-24(14-12-23)25-15-17-26(18-16-25)28-19-27(20-29-28)22-9-5-2-6-10-22/h1-20H. The van der Waals surface area contributed by atoms with Gasteiger partial charge in [-0.25, -0.2) is 0 Å². The molecule has 138 valence electrons. The molecule has 0 aliphatic carbocycles. The van der Waals surface area contributed by atoms with Gasteiger partial charge in [-0.1, -0.05) is 109 Å². The Bertz CT molecular complexity index is 1200. The maximum absolute atomic E-state index is 2.28. The molecular weight excluding hydrogens is 368 g/mol. The highest BCUT2D eigenvalue weighted by molar-refractivity contribution is 7.14. The summed E-state index contributed by atoms with van der Waals surface area (Å²) in [6.45, 7) is 0. The second-order valence-electron chi connectivity index (χ2n) is 7.09. The van der Waals surface area contributed by atoms with Crippen molar-refractivity contribution in [1.29, 1.82) is 0 Å². The van der Waals surface area contributed by atoms with Crippen LogP contribution in [0.15, 0.2) is 121 Å². The van der Waals surface area contributed by atoms with Gasteiger partial charge < -0.3 is 0 Å². The molecule has 0 radical (unpaired) electrons. The summed E-state index contributed by atoms with van der Waals surface area (Å²) >= 11 is 1.80. The molecule has 29 heavy (non-hydrogen) atoms. The molecule has 5 aromatic rings. The van der Waals surface area contributed by atoms with Gasteiger partial charge in [0.25, 0.3) is 0 Å². The Labute approximate surface area is 175 Å². The van der Waals surface area contributed by atoms with Gasteiger partial charge in [0.1, 0.15) is 0 Å². The van der Waals surface area contributed by atoms with Crippen molar-refractivity contribution in [3.8, 4) is 43.8 Å². The van der Waals surface area contributed by atoms with Crippen molar-refractivity contribution in [2.75, 3.05) is 0 Å². The van der Waals surface area contributed by atoms with E-state index in [2.05, 4.69) is 121 Å². The van der Waals surface area contributed by atoms with E-state index in [1.165, 1.54) is 43.8 Å². The molecule has 4 aromatic carbocycles. The van der Waals surface area contributed by atoms with Crippen LogP contribution in [0.25, 0.3) is 43.8 Å². The van der Waals surface area contributed by atoms with Crippen molar-refractivity contribution in [1.82, 2.24) is 0 Å². The molecule has 1 heterocycles. The first-order valence-corrected chi connectivity index (χ1v) is 10.6. The second kappa shape index (κ2) is 7.90. The topological polar surface area (TPSA) is 0 Å². The minimum Gasteiger partial charge on any atom is -0.143 e. The molecular formula is C28H20S. The summed E-state index contributed by atoms with van der Waals surface area (Å²) in [5.41, 5.74) is 8.80. The highest BCUT2D eigenvalue weighted by Crippen LogP contribution is 2.34. The minimum atomic E-state index is 1.24. The van der Waals surface area contributed by atoms with E-state index < -0.39 is 0 Å². The third-order valence-electron chi connectivity index (χ3n) is 5.20. The first kappa shape index (κ1) is 17.7. The van der Waals surface area contributed by atoms with Gasteiger partial charge in [0.05, 0.1) is 0 Å². The Balaban J connectivity index is 1.37. The van der Waals surface area contributed by atoms with Crippen LogP contribution in [0.2, 0.25) is 0 Å². The molecule has 0 amide bonds. The van der Waals surface area contributed by atoms with Gasteiger partial charge in [-0.05, 0) is 50.4 Å². The molecule has 5 rings (SSSR count). The van der Waals surface area contributed by atoms with Crippen LogP contribution in [0.3, 0.4) is 0 Å². The zero-order chi connectivity index (χ0) is 19.5. The SMILES string of the molecule is c1ccc(-c2ccc(-c3ccc(-c4cc(-c5ccccc5)cs4)cc3)cc2)cc1. The molecule has 0 nitrogen and oxygen atoms in total. The highest BCUT2D eigenvalue weighted by Gasteiger charge is 2.06. The molecule has 1 aromatic heterocycles. The Morgan fingerprint density at radius 3 is 1.21 bits per heavy atom. The maximum atomic E-state index is 2.28. The van der Waals surface area contributed by atoms with Crippen LogP contribution in [0.5, 0.6) is 0 Å². The summed E-state index contributed by atoms with van der Waals surface area (Å²) < 4.78 is 0. The number of hydrogen-bond donors (Lipinski definition) is 0. The lowest BCUT2D eigenvalue weighted by Gasteiger charge is -2.06. The van der Waals surface area contributed by atoms with Crippen molar-refractivity contribution < 1.29 is 0 Å². The smallest absolute Gasteiger partial charge is 0.0349 e. The molecule has 0 atom stereocenters. The Kier molecular flexibility index (Phi) is 4.81. The van der Waals surface area contributed by atoms with Crippen LogP contribution in [0, 0.1) is 0 Å². The number of rotatable bonds is 4. The van der Waals surface area contributed by atoms with Gasteiger partial charge in [-0.15, -0.1) is 11.3 Å². The molecule has 0 N–H and O–H groups in total. The normalized spacial score (nSPS) is 10.8. The van der Waals surface area contributed by atoms with Crippen LogP contribution in [0.4, 0.5) is 0 Å². The lowest BCUT2D eigenvalue weighted by Crippen LogP contribution is -1.81. The molecule has 0 saturated carbocycles. The summed E-state index contributed by atoms with van der Waals surface area (Å²) in [5, 5.41) is 2.24. The lowest BCUT2D eigenvalue weighted by atomic mass is 9.99. The van der Waals surface area contributed by atoms with E-state index in [4.69, 9.17) is 0 Å². The van der Waals surface area contributed by atoms with Crippen molar-refractivity contribution in [3.63, 3.8) is 0 Å². The largest absolute Gasteiger partial charge is 0.143 e. The van der Waals surface area contributed by atoms with E-state index >= 15 is 0 Å². The van der Waals surface area contributed by atoms with Gasteiger partial charge >= 0.3 is 0 Å². The second-order valence-corrected chi connectivity index (χ2v) is 8.00. The Hall–Kier alpha value is -3.42. The zero-order valence-corrected chi connectivity index (χ0v) is 16.8. The van der Waals surface area contributed by atoms with E-state index in [1.54, 1.807) is 11.3 Å². The number of benzene rings is 4. The molecule has 0 saturated heterocycles. The highest BCUT2D eigenvalue weighted by atomic mass is 32.1. The van der Waals surface area contributed by atoms with Crippen molar-refractivity contribution >= 4 is 11.3 Å². The predicted molar refractivity (Wildman–Crippen MR) is 126 cm³/mol. The van der Waals surface area contributed by atoms with E-state index in [1.807, 2.05) is 0 Å². The third kappa shape index (κ3) is 3.78. The van der Waals surface area contributed by atoms with Gasteiger partial charge in [0.2, 0.25) is 0 Å². The van der Waals surface area contributed by atoms with Crippen molar-refractivity contribution in [2.45, 2.75) is 0 Å². The van der Waals surface area contributed by atoms with Crippen molar-refractivity contribution in [3.05, 3.63) is 121 Å². The average Bonchev–Trinajstić information content (AvgIpc) is 3.31. The quantitative estimate of drug-likeness (QED) is 0.290. The van der Waals surface area contributed by atoms with Crippen LogP contribution < -0.4 is 0 Å². The van der Waals surface area contributed by atoms with Gasteiger partial charge in [0.15, 0.2) is 0 Å². The number of thiophene rings is 1. The molecule has 0 spiro atoms. The fourth-order valence-corrected chi connectivity index (χ4v) is 4.51. The Morgan fingerprint density at radius 1 is 0.345 bits per heavy atom. The van der Waals surface area contributed by atoms with Gasteiger partial charge in [-0.2, -0.15) is 0 Å². The maximum Gasteiger partial charge on any atom is 0.0349 e. The van der Waals surface area contributed by atoms with Crippen LogP contribution >= 0.6 is 11.3 Å². The fraction of sp³-hybridized carbons (Fsp3) is 0. The fourth-order valence-electron chi connectivity index (χ4n) is 3.58. The zero-order valence-electron chi connectivity index (χ0n) is 16.0. The van der Waals surface area contributed by atoms with Crippen molar-refractivity contribution in [2.24, 2.45) is 0 Å².